The zero-order chi connectivity index (χ0) is 14.2. The first-order chi connectivity index (χ1) is 10.3. The van der Waals surface area contributed by atoms with Gasteiger partial charge in [0.25, 0.3) is 0 Å². The van der Waals surface area contributed by atoms with E-state index in [-0.39, 0.29) is 0 Å². The van der Waals surface area contributed by atoms with E-state index >= 15 is 0 Å². The fourth-order valence-corrected chi connectivity index (χ4v) is 3.60. The molecule has 1 atom stereocenters. The quantitative estimate of drug-likeness (QED) is 0.783. The molecule has 1 aromatic heterocycles. The fourth-order valence-electron chi connectivity index (χ4n) is 2.62. The second-order valence-electron chi connectivity index (χ2n) is 4.99. The Labute approximate surface area is 126 Å². The Morgan fingerprint density at radius 3 is 2.71 bits per heavy atom. The Morgan fingerprint density at radius 2 is 1.81 bits per heavy atom. The molecule has 0 amide bonds. The molecule has 0 fully saturated rings. The molecule has 0 radical (unpaired) electrons. The summed E-state index contributed by atoms with van der Waals surface area (Å²) in [6, 6.07) is 13.7. The van der Waals surface area contributed by atoms with Gasteiger partial charge in [0.15, 0.2) is 11.5 Å². The normalized spacial score (nSPS) is 15.1. The molecule has 106 valence electrons. The molecular formula is C17H14O3S. The number of rotatable bonds is 2. The molecule has 0 spiro atoms. The SMILES string of the molecule is OC(c1ccc2c(c1)OCCO2)c1csc2ccccc12. The molecule has 3 nitrogen and oxygen atoms in total. The Balaban J connectivity index is 1.75. The van der Waals surface area contributed by atoms with Crippen molar-refractivity contribution < 1.29 is 14.6 Å². The molecule has 1 unspecified atom stereocenters. The second-order valence-corrected chi connectivity index (χ2v) is 5.90. The van der Waals surface area contributed by atoms with Gasteiger partial charge in [-0.3, -0.25) is 0 Å². The van der Waals surface area contributed by atoms with Crippen LogP contribution in [0.1, 0.15) is 17.2 Å². The van der Waals surface area contributed by atoms with Crippen molar-refractivity contribution in [3.8, 4) is 11.5 Å². The first kappa shape index (κ1) is 12.7. The van der Waals surface area contributed by atoms with Gasteiger partial charge >= 0.3 is 0 Å². The van der Waals surface area contributed by atoms with Gasteiger partial charge in [-0.05, 0) is 34.5 Å². The Morgan fingerprint density at radius 1 is 1.00 bits per heavy atom. The number of aliphatic hydroxyl groups is 1. The van der Waals surface area contributed by atoms with Gasteiger partial charge in [0.1, 0.15) is 19.3 Å². The van der Waals surface area contributed by atoms with Crippen LogP contribution < -0.4 is 9.47 Å². The molecule has 0 aliphatic carbocycles. The van der Waals surface area contributed by atoms with Gasteiger partial charge in [0.05, 0.1) is 0 Å². The highest BCUT2D eigenvalue weighted by molar-refractivity contribution is 7.17. The summed E-state index contributed by atoms with van der Waals surface area (Å²) in [6.45, 7) is 1.12. The molecule has 4 rings (SSSR count). The fraction of sp³-hybridized carbons (Fsp3) is 0.176. The van der Waals surface area contributed by atoms with Gasteiger partial charge in [-0.1, -0.05) is 24.3 Å². The van der Waals surface area contributed by atoms with E-state index in [2.05, 4.69) is 6.07 Å². The summed E-state index contributed by atoms with van der Waals surface area (Å²) in [5.41, 5.74) is 1.76. The van der Waals surface area contributed by atoms with Crippen molar-refractivity contribution in [1.29, 1.82) is 0 Å². The minimum absolute atomic E-state index is 0.550. The molecule has 2 aromatic carbocycles. The Bertz CT molecular complexity index is 794. The van der Waals surface area contributed by atoms with Crippen LogP contribution in [0.5, 0.6) is 11.5 Å². The topological polar surface area (TPSA) is 38.7 Å². The van der Waals surface area contributed by atoms with E-state index in [0.717, 1.165) is 22.3 Å². The van der Waals surface area contributed by atoms with Crippen LogP contribution in [-0.2, 0) is 0 Å². The number of fused-ring (bicyclic) bond motifs is 2. The van der Waals surface area contributed by atoms with Crippen LogP contribution in [0.4, 0.5) is 0 Å². The van der Waals surface area contributed by atoms with Crippen LogP contribution in [0.2, 0.25) is 0 Å². The maximum absolute atomic E-state index is 10.7. The van der Waals surface area contributed by atoms with Gasteiger partial charge in [-0.15, -0.1) is 11.3 Å². The first-order valence-corrected chi connectivity index (χ1v) is 7.74. The van der Waals surface area contributed by atoms with Gasteiger partial charge < -0.3 is 14.6 Å². The standard InChI is InChI=1S/C17H14O3S/c18-17(13-10-21-16-4-2-1-3-12(13)16)11-5-6-14-15(9-11)20-8-7-19-14/h1-6,9-10,17-18H,7-8H2. The van der Waals surface area contributed by atoms with E-state index in [1.165, 1.54) is 4.70 Å². The maximum atomic E-state index is 10.7. The number of hydrogen-bond acceptors (Lipinski definition) is 4. The summed E-state index contributed by atoms with van der Waals surface area (Å²) < 4.78 is 12.3. The summed E-state index contributed by atoms with van der Waals surface area (Å²) in [5.74, 6) is 1.45. The lowest BCUT2D eigenvalue weighted by Crippen LogP contribution is -2.15. The van der Waals surface area contributed by atoms with Gasteiger partial charge in [-0.2, -0.15) is 0 Å². The third-order valence-electron chi connectivity index (χ3n) is 3.69. The highest BCUT2D eigenvalue weighted by atomic mass is 32.1. The van der Waals surface area contributed by atoms with E-state index < -0.39 is 6.10 Å². The van der Waals surface area contributed by atoms with Crippen molar-refractivity contribution in [3.05, 3.63) is 59.0 Å². The Kier molecular flexibility index (Phi) is 3.05. The summed E-state index contributed by atoms with van der Waals surface area (Å²) >= 11 is 1.65. The van der Waals surface area contributed by atoms with Crippen LogP contribution in [-0.4, -0.2) is 18.3 Å². The van der Waals surface area contributed by atoms with Crippen molar-refractivity contribution in [1.82, 2.24) is 0 Å². The molecular weight excluding hydrogens is 284 g/mol. The number of thiophene rings is 1. The van der Waals surface area contributed by atoms with E-state index in [0.29, 0.717) is 19.0 Å². The lowest BCUT2D eigenvalue weighted by Gasteiger charge is -2.20. The highest BCUT2D eigenvalue weighted by Gasteiger charge is 2.18. The van der Waals surface area contributed by atoms with Crippen molar-refractivity contribution in [3.63, 3.8) is 0 Å². The van der Waals surface area contributed by atoms with E-state index in [1.54, 1.807) is 11.3 Å². The predicted octanol–water partition coefficient (Wildman–Crippen LogP) is 3.75. The lowest BCUT2D eigenvalue weighted by molar-refractivity contribution is 0.169. The molecule has 0 saturated heterocycles. The number of aliphatic hydroxyl groups excluding tert-OH is 1. The number of ether oxygens (including phenoxy) is 2. The molecule has 0 bridgehead atoms. The zero-order valence-corrected chi connectivity index (χ0v) is 12.1. The monoisotopic (exact) mass is 298 g/mol. The minimum atomic E-state index is -0.656. The molecule has 1 N–H and O–H groups in total. The van der Waals surface area contributed by atoms with Gasteiger partial charge in [0, 0.05) is 10.3 Å². The number of hydrogen-bond donors (Lipinski definition) is 1. The molecule has 1 aliphatic heterocycles. The maximum Gasteiger partial charge on any atom is 0.161 e. The minimum Gasteiger partial charge on any atom is -0.486 e. The third kappa shape index (κ3) is 2.17. The van der Waals surface area contributed by atoms with Gasteiger partial charge in [0.2, 0.25) is 0 Å². The summed E-state index contributed by atoms with van der Waals surface area (Å²) in [4.78, 5) is 0. The van der Waals surface area contributed by atoms with Crippen molar-refractivity contribution in [2.24, 2.45) is 0 Å². The van der Waals surface area contributed by atoms with E-state index in [9.17, 15) is 5.11 Å². The zero-order valence-electron chi connectivity index (χ0n) is 11.3. The average Bonchev–Trinajstić information content (AvgIpc) is 2.98. The third-order valence-corrected chi connectivity index (χ3v) is 4.67. The molecule has 4 heteroatoms. The van der Waals surface area contributed by atoms with Gasteiger partial charge in [-0.25, -0.2) is 0 Å². The summed E-state index contributed by atoms with van der Waals surface area (Å²) in [5, 5.41) is 13.8. The molecule has 2 heterocycles. The Hall–Kier alpha value is -2.04. The van der Waals surface area contributed by atoms with Crippen LogP contribution >= 0.6 is 11.3 Å². The molecule has 1 aliphatic rings. The largest absolute Gasteiger partial charge is 0.486 e. The molecule has 0 saturated carbocycles. The highest BCUT2D eigenvalue weighted by Crippen LogP contribution is 2.37. The predicted molar refractivity (Wildman–Crippen MR) is 83.3 cm³/mol. The van der Waals surface area contributed by atoms with Crippen molar-refractivity contribution in [2.45, 2.75) is 6.10 Å². The average molecular weight is 298 g/mol. The molecule has 3 aromatic rings. The van der Waals surface area contributed by atoms with Crippen molar-refractivity contribution >= 4 is 21.4 Å². The number of benzene rings is 2. The van der Waals surface area contributed by atoms with Crippen LogP contribution in [0.15, 0.2) is 47.8 Å². The lowest BCUT2D eigenvalue weighted by atomic mass is 10.0. The van der Waals surface area contributed by atoms with Crippen LogP contribution in [0.3, 0.4) is 0 Å². The molecule has 21 heavy (non-hydrogen) atoms. The summed E-state index contributed by atoms with van der Waals surface area (Å²) in [7, 11) is 0. The first-order valence-electron chi connectivity index (χ1n) is 6.87. The summed E-state index contributed by atoms with van der Waals surface area (Å²) in [6.07, 6.45) is -0.656. The van der Waals surface area contributed by atoms with Crippen molar-refractivity contribution in [2.75, 3.05) is 13.2 Å². The van der Waals surface area contributed by atoms with E-state index in [1.807, 2.05) is 41.8 Å². The van der Waals surface area contributed by atoms with E-state index in [4.69, 9.17) is 9.47 Å². The second kappa shape index (κ2) is 5.06. The smallest absolute Gasteiger partial charge is 0.161 e. The van der Waals surface area contributed by atoms with Crippen LogP contribution in [0.25, 0.3) is 10.1 Å². The van der Waals surface area contributed by atoms with Crippen LogP contribution in [0, 0.1) is 0 Å².